The lowest BCUT2D eigenvalue weighted by molar-refractivity contribution is 0.483. The van der Waals surface area contributed by atoms with E-state index in [1.165, 1.54) is 11.5 Å². The molecule has 5 nitrogen and oxygen atoms in total. The summed E-state index contributed by atoms with van der Waals surface area (Å²) in [5, 5.41) is 8.38. The number of nitrogens with zero attached hydrogens (tertiary/aromatic N) is 4. The Bertz CT molecular complexity index is 535. The van der Waals surface area contributed by atoms with Gasteiger partial charge in [0.2, 0.25) is 5.13 Å². The van der Waals surface area contributed by atoms with Crippen molar-refractivity contribution in [1.82, 2.24) is 19.1 Å². The van der Waals surface area contributed by atoms with Crippen molar-refractivity contribution in [2.24, 2.45) is 5.92 Å². The third-order valence-corrected chi connectivity index (χ3v) is 3.16. The molecule has 0 spiro atoms. The van der Waals surface area contributed by atoms with Gasteiger partial charge in [0, 0.05) is 29.7 Å². The van der Waals surface area contributed by atoms with Gasteiger partial charge in [-0.2, -0.15) is 9.47 Å². The normalized spacial score (nSPS) is 12.1. The van der Waals surface area contributed by atoms with Gasteiger partial charge in [0.05, 0.1) is 11.9 Å². The molecule has 0 saturated heterocycles. The third-order valence-electron chi connectivity index (χ3n) is 2.53. The lowest BCUT2D eigenvalue weighted by Gasteiger charge is -2.12. The van der Waals surface area contributed by atoms with Crippen LogP contribution in [0, 0.1) is 5.92 Å². The second kappa shape index (κ2) is 5.28. The van der Waals surface area contributed by atoms with E-state index in [4.69, 9.17) is 0 Å². The number of hydrogen-bond donors (Lipinski definition) is 1. The van der Waals surface area contributed by atoms with Crippen LogP contribution in [0.4, 0.5) is 10.8 Å². The van der Waals surface area contributed by atoms with E-state index in [0.29, 0.717) is 5.92 Å². The van der Waals surface area contributed by atoms with E-state index in [2.05, 4.69) is 54.4 Å². The van der Waals surface area contributed by atoms with Crippen LogP contribution in [0.15, 0.2) is 12.4 Å². The molecule has 19 heavy (non-hydrogen) atoms. The molecule has 2 aromatic heterocycles. The molecule has 0 radical (unpaired) electrons. The van der Waals surface area contributed by atoms with E-state index in [0.717, 1.165) is 23.2 Å². The summed E-state index contributed by atoms with van der Waals surface area (Å²) < 4.78 is 6.32. The van der Waals surface area contributed by atoms with E-state index < -0.39 is 0 Å². The fourth-order valence-corrected chi connectivity index (χ4v) is 2.38. The van der Waals surface area contributed by atoms with Crippen molar-refractivity contribution in [2.45, 2.75) is 46.6 Å². The van der Waals surface area contributed by atoms with Crippen LogP contribution in [0.2, 0.25) is 0 Å². The van der Waals surface area contributed by atoms with E-state index >= 15 is 0 Å². The molecule has 0 aliphatic rings. The Morgan fingerprint density at radius 2 is 2.11 bits per heavy atom. The summed E-state index contributed by atoms with van der Waals surface area (Å²) in [5.74, 6) is 1.45. The van der Waals surface area contributed by atoms with Gasteiger partial charge in [-0.15, -0.1) is 0 Å². The molecule has 1 N–H and O–H groups in total. The van der Waals surface area contributed by atoms with Crippen LogP contribution in [0.5, 0.6) is 0 Å². The maximum atomic E-state index is 4.51. The molecule has 0 saturated carbocycles. The summed E-state index contributed by atoms with van der Waals surface area (Å²) in [4.78, 5) is 4.51. The molecular formula is C13H21N5S. The van der Waals surface area contributed by atoms with Crippen molar-refractivity contribution in [2.75, 3.05) is 5.32 Å². The Balaban J connectivity index is 2.05. The van der Waals surface area contributed by atoms with E-state index in [1.54, 1.807) is 0 Å². The van der Waals surface area contributed by atoms with Crippen molar-refractivity contribution in [1.29, 1.82) is 0 Å². The van der Waals surface area contributed by atoms with Gasteiger partial charge in [-0.05, 0) is 5.92 Å². The molecule has 0 atom stereocenters. The summed E-state index contributed by atoms with van der Waals surface area (Å²) in [5.41, 5.74) is 0.940. The number of aromatic nitrogens is 4. The molecule has 6 heteroatoms. The Kier molecular flexibility index (Phi) is 3.89. The molecular weight excluding hydrogens is 258 g/mol. The first kappa shape index (κ1) is 14.0. The van der Waals surface area contributed by atoms with Gasteiger partial charge in [-0.25, -0.2) is 4.98 Å². The summed E-state index contributed by atoms with van der Waals surface area (Å²) in [6, 6.07) is 0. The van der Waals surface area contributed by atoms with E-state index in [9.17, 15) is 0 Å². The quantitative estimate of drug-likeness (QED) is 0.931. The van der Waals surface area contributed by atoms with Gasteiger partial charge in [-0.3, -0.25) is 4.68 Å². The van der Waals surface area contributed by atoms with Gasteiger partial charge in [0.15, 0.2) is 0 Å². The monoisotopic (exact) mass is 279 g/mol. The lowest BCUT2D eigenvalue weighted by atomic mass is 9.96. The highest BCUT2D eigenvalue weighted by atomic mass is 32.1. The van der Waals surface area contributed by atoms with E-state index in [1.807, 2.05) is 17.1 Å². The molecule has 2 heterocycles. The van der Waals surface area contributed by atoms with Gasteiger partial charge in [0.1, 0.15) is 5.82 Å². The number of nitrogens with one attached hydrogen (secondary N) is 1. The van der Waals surface area contributed by atoms with Crippen molar-refractivity contribution in [3.63, 3.8) is 0 Å². The molecule has 0 aromatic carbocycles. The average molecular weight is 279 g/mol. The molecule has 104 valence electrons. The molecule has 0 bridgehead atoms. The first-order valence-corrected chi connectivity index (χ1v) is 7.25. The van der Waals surface area contributed by atoms with Crippen LogP contribution < -0.4 is 5.32 Å². The van der Waals surface area contributed by atoms with Gasteiger partial charge in [0.25, 0.3) is 0 Å². The first-order valence-electron chi connectivity index (χ1n) is 6.48. The van der Waals surface area contributed by atoms with Gasteiger partial charge < -0.3 is 5.32 Å². The zero-order chi connectivity index (χ0) is 14.0. The van der Waals surface area contributed by atoms with Gasteiger partial charge in [-0.1, -0.05) is 34.6 Å². The third kappa shape index (κ3) is 3.76. The van der Waals surface area contributed by atoms with Gasteiger partial charge >= 0.3 is 0 Å². The molecule has 0 fully saturated rings. The van der Waals surface area contributed by atoms with E-state index in [-0.39, 0.29) is 5.41 Å². The van der Waals surface area contributed by atoms with Crippen molar-refractivity contribution in [3.05, 3.63) is 18.2 Å². The highest BCUT2D eigenvalue weighted by Gasteiger charge is 2.19. The topological polar surface area (TPSA) is 55.6 Å². The summed E-state index contributed by atoms with van der Waals surface area (Å²) >= 11 is 1.39. The second-order valence-corrected chi connectivity index (χ2v) is 6.89. The summed E-state index contributed by atoms with van der Waals surface area (Å²) in [6.07, 6.45) is 3.82. The number of anilines is 2. The number of hydrogen-bond acceptors (Lipinski definition) is 5. The first-order chi connectivity index (χ1) is 8.84. The minimum Gasteiger partial charge on any atom is -0.328 e. The number of rotatable bonds is 4. The van der Waals surface area contributed by atoms with Crippen LogP contribution in [0.1, 0.15) is 40.4 Å². The molecule has 0 aliphatic heterocycles. The summed E-state index contributed by atoms with van der Waals surface area (Å²) in [7, 11) is 0. The second-order valence-electron chi connectivity index (χ2n) is 6.14. The highest BCUT2D eigenvalue weighted by molar-refractivity contribution is 7.09. The Labute approximate surface area is 118 Å². The largest absolute Gasteiger partial charge is 0.328 e. The van der Waals surface area contributed by atoms with Crippen molar-refractivity contribution >= 4 is 22.4 Å². The molecule has 2 aromatic rings. The predicted molar refractivity (Wildman–Crippen MR) is 79.0 cm³/mol. The fraction of sp³-hybridized carbons (Fsp3) is 0.615. The standard InChI is InChI=1S/C13H21N5S/c1-9(2)7-18-8-10(6-14-18)15-12-16-11(17-19-12)13(3,4)5/h6,8-9H,7H2,1-5H3,(H,15,16,17). The predicted octanol–water partition coefficient (Wildman–Crippen LogP) is 3.43. The fourth-order valence-electron chi connectivity index (χ4n) is 1.60. The Hall–Kier alpha value is -1.43. The minimum absolute atomic E-state index is 0.0156. The maximum Gasteiger partial charge on any atom is 0.207 e. The summed E-state index contributed by atoms with van der Waals surface area (Å²) in [6.45, 7) is 11.6. The molecule has 0 amide bonds. The minimum atomic E-state index is -0.0156. The van der Waals surface area contributed by atoms with Crippen LogP contribution in [-0.4, -0.2) is 19.1 Å². The average Bonchev–Trinajstić information content (AvgIpc) is 2.86. The van der Waals surface area contributed by atoms with Crippen molar-refractivity contribution in [3.8, 4) is 0 Å². The maximum absolute atomic E-state index is 4.51. The Morgan fingerprint density at radius 1 is 1.37 bits per heavy atom. The SMILES string of the molecule is CC(C)Cn1cc(Nc2nc(C(C)(C)C)ns2)cn1. The van der Waals surface area contributed by atoms with Crippen LogP contribution in [-0.2, 0) is 12.0 Å². The van der Waals surface area contributed by atoms with Crippen molar-refractivity contribution < 1.29 is 0 Å². The Morgan fingerprint density at radius 3 is 2.68 bits per heavy atom. The zero-order valence-corrected chi connectivity index (χ0v) is 13.0. The van der Waals surface area contributed by atoms with Crippen LogP contribution >= 0.6 is 11.5 Å². The highest BCUT2D eigenvalue weighted by Crippen LogP contribution is 2.24. The van der Waals surface area contributed by atoms with Crippen LogP contribution in [0.25, 0.3) is 0 Å². The molecule has 2 rings (SSSR count). The zero-order valence-electron chi connectivity index (χ0n) is 12.1. The smallest absolute Gasteiger partial charge is 0.207 e. The molecule has 0 aliphatic carbocycles. The molecule has 0 unspecified atom stereocenters. The lowest BCUT2D eigenvalue weighted by Crippen LogP contribution is -2.13. The van der Waals surface area contributed by atoms with Crippen LogP contribution in [0.3, 0.4) is 0 Å².